The van der Waals surface area contributed by atoms with Crippen molar-refractivity contribution < 1.29 is 14.6 Å². The van der Waals surface area contributed by atoms with Crippen molar-refractivity contribution in [2.45, 2.75) is 31.8 Å². The Morgan fingerprint density at radius 3 is 2.54 bits per heavy atom. The topological polar surface area (TPSA) is 46.5 Å². The molecule has 0 radical (unpaired) electrons. The van der Waals surface area contributed by atoms with Gasteiger partial charge in [0.05, 0.1) is 5.56 Å². The minimum absolute atomic E-state index is 0.276. The van der Waals surface area contributed by atoms with Crippen LogP contribution in [0.25, 0.3) is 11.1 Å². The molecule has 3 nitrogen and oxygen atoms in total. The van der Waals surface area contributed by atoms with E-state index in [0.29, 0.717) is 12.0 Å². The average Bonchev–Trinajstić information content (AvgIpc) is 2.69. The molecule has 1 N–H and O–H groups in total. The molecule has 0 fully saturated rings. The Hall–Kier alpha value is -2.78. The molecule has 0 saturated heterocycles. The number of halogens is 1. The Morgan fingerprint density at radius 2 is 1.75 bits per heavy atom. The Bertz CT molecular complexity index is 1040. The van der Waals surface area contributed by atoms with Crippen molar-refractivity contribution in [3.05, 3.63) is 88.4 Å². The van der Waals surface area contributed by atoms with Gasteiger partial charge in [0, 0.05) is 17.0 Å². The maximum atomic E-state index is 11.7. The normalized spacial score (nSPS) is 18.2. The molecule has 0 amide bonds. The van der Waals surface area contributed by atoms with Gasteiger partial charge in [-0.2, -0.15) is 0 Å². The summed E-state index contributed by atoms with van der Waals surface area (Å²) in [6.07, 6.45) is 2.44. The number of ether oxygens (including phenoxy) is 1. The molecular formula is C24H21ClO3. The first kappa shape index (κ1) is 18.6. The summed E-state index contributed by atoms with van der Waals surface area (Å²) in [6, 6.07) is 20.8. The number of para-hydroxylation sites is 1. The molecule has 0 aliphatic carbocycles. The number of carbonyl (C=O) groups is 1. The number of carboxylic acid groups (broad SMARTS) is 1. The Labute approximate surface area is 169 Å². The van der Waals surface area contributed by atoms with E-state index in [-0.39, 0.29) is 5.56 Å². The molecule has 0 unspecified atom stereocenters. The van der Waals surface area contributed by atoms with E-state index < -0.39 is 11.6 Å². The SMILES string of the molecule is C[C@@]1(Cc2ccccc2Cl)CCc2cccc(-c3ccccc3C(=O)O)c2O1. The first-order valence-corrected chi connectivity index (χ1v) is 9.72. The largest absolute Gasteiger partial charge is 0.486 e. The van der Waals surface area contributed by atoms with Gasteiger partial charge in [0.25, 0.3) is 0 Å². The maximum Gasteiger partial charge on any atom is 0.336 e. The number of fused-ring (bicyclic) bond motifs is 1. The highest BCUT2D eigenvalue weighted by Crippen LogP contribution is 2.43. The van der Waals surface area contributed by atoms with Crippen molar-refractivity contribution in [3.8, 4) is 16.9 Å². The fourth-order valence-corrected chi connectivity index (χ4v) is 4.09. The van der Waals surface area contributed by atoms with Gasteiger partial charge in [0.15, 0.2) is 0 Å². The molecule has 28 heavy (non-hydrogen) atoms. The summed E-state index contributed by atoms with van der Waals surface area (Å²) in [7, 11) is 0. The molecule has 0 saturated carbocycles. The van der Waals surface area contributed by atoms with Crippen molar-refractivity contribution in [2.75, 3.05) is 0 Å². The van der Waals surface area contributed by atoms with Gasteiger partial charge in [0.1, 0.15) is 11.4 Å². The number of benzene rings is 3. The van der Waals surface area contributed by atoms with E-state index in [1.54, 1.807) is 12.1 Å². The predicted octanol–water partition coefficient (Wildman–Crippen LogP) is 6.03. The zero-order valence-corrected chi connectivity index (χ0v) is 16.4. The molecule has 0 bridgehead atoms. The lowest BCUT2D eigenvalue weighted by molar-refractivity contribution is 0.0662. The second-order valence-electron chi connectivity index (χ2n) is 7.46. The van der Waals surface area contributed by atoms with E-state index in [4.69, 9.17) is 16.3 Å². The van der Waals surface area contributed by atoms with Crippen LogP contribution in [0.1, 0.15) is 34.8 Å². The molecule has 1 heterocycles. The van der Waals surface area contributed by atoms with Crippen molar-refractivity contribution in [3.63, 3.8) is 0 Å². The second-order valence-corrected chi connectivity index (χ2v) is 7.87. The van der Waals surface area contributed by atoms with Crippen LogP contribution in [0.4, 0.5) is 0 Å². The highest BCUT2D eigenvalue weighted by molar-refractivity contribution is 6.31. The molecule has 3 aromatic carbocycles. The zero-order valence-electron chi connectivity index (χ0n) is 15.6. The summed E-state index contributed by atoms with van der Waals surface area (Å²) < 4.78 is 6.55. The molecular weight excluding hydrogens is 372 g/mol. The number of rotatable bonds is 4. The van der Waals surface area contributed by atoms with Gasteiger partial charge in [-0.3, -0.25) is 0 Å². The zero-order chi connectivity index (χ0) is 19.7. The monoisotopic (exact) mass is 392 g/mol. The van der Waals surface area contributed by atoms with Crippen molar-refractivity contribution in [1.82, 2.24) is 0 Å². The molecule has 0 spiro atoms. The highest BCUT2D eigenvalue weighted by atomic mass is 35.5. The van der Waals surface area contributed by atoms with E-state index in [1.165, 1.54) is 0 Å². The summed E-state index contributed by atoms with van der Waals surface area (Å²) >= 11 is 6.37. The van der Waals surface area contributed by atoms with Crippen LogP contribution in [-0.2, 0) is 12.8 Å². The Balaban J connectivity index is 1.75. The summed E-state index contributed by atoms with van der Waals surface area (Å²) in [5.74, 6) is -0.167. The van der Waals surface area contributed by atoms with Crippen LogP contribution >= 0.6 is 11.6 Å². The van der Waals surface area contributed by atoms with Crippen molar-refractivity contribution >= 4 is 17.6 Å². The molecule has 142 valence electrons. The van der Waals surface area contributed by atoms with Crippen LogP contribution in [0, 0.1) is 0 Å². The first-order valence-electron chi connectivity index (χ1n) is 9.34. The number of carboxylic acids is 1. The number of aromatic carboxylic acids is 1. The van der Waals surface area contributed by atoms with Gasteiger partial charge in [-0.05, 0) is 48.6 Å². The first-order chi connectivity index (χ1) is 13.5. The molecule has 0 aromatic heterocycles. The van der Waals surface area contributed by atoms with Crippen LogP contribution in [0.5, 0.6) is 5.75 Å². The third kappa shape index (κ3) is 3.50. The van der Waals surface area contributed by atoms with Gasteiger partial charge < -0.3 is 9.84 Å². The molecule has 3 aromatic rings. The predicted molar refractivity (Wildman–Crippen MR) is 111 cm³/mol. The number of hydrogen-bond acceptors (Lipinski definition) is 2. The minimum atomic E-state index is -0.942. The van der Waals surface area contributed by atoms with Gasteiger partial charge in [-0.15, -0.1) is 0 Å². The molecule has 1 aliphatic rings. The van der Waals surface area contributed by atoms with E-state index in [1.807, 2.05) is 48.5 Å². The molecule has 1 atom stereocenters. The van der Waals surface area contributed by atoms with E-state index in [9.17, 15) is 9.90 Å². The molecule has 1 aliphatic heterocycles. The van der Waals surface area contributed by atoms with Crippen molar-refractivity contribution in [1.29, 1.82) is 0 Å². The van der Waals surface area contributed by atoms with Gasteiger partial charge in [-0.25, -0.2) is 4.79 Å². The standard InChI is InChI=1S/C24H21ClO3/c1-24(15-17-7-2-5-12-21(17)25)14-13-16-8-6-11-19(22(16)28-24)18-9-3-4-10-20(18)23(26)27/h2-12H,13-15H2,1H3,(H,26,27)/t24-/m0/s1. The lowest BCUT2D eigenvalue weighted by atomic mass is 9.85. The van der Waals surface area contributed by atoms with E-state index in [0.717, 1.165) is 40.3 Å². The van der Waals surface area contributed by atoms with Gasteiger partial charge in [0.2, 0.25) is 0 Å². The third-order valence-electron chi connectivity index (χ3n) is 5.34. The quantitative estimate of drug-likeness (QED) is 0.589. The maximum absolute atomic E-state index is 11.7. The third-order valence-corrected chi connectivity index (χ3v) is 5.71. The van der Waals surface area contributed by atoms with E-state index in [2.05, 4.69) is 13.0 Å². The second kappa shape index (κ2) is 7.33. The fraction of sp³-hybridized carbons (Fsp3) is 0.208. The van der Waals surface area contributed by atoms with Crippen molar-refractivity contribution in [2.24, 2.45) is 0 Å². The van der Waals surface area contributed by atoms with Crippen LogP contribution in [0.15, 0.2) is 66.7 Å². The lowest BCUT2D eigenvalue weighted by Crippen LogP contribution is -2.38. The van der Waals surface area contributed by atoms with Crippen LogP contribution in [-0.4, -0.2) is 16.7 Å². The van der Waals surface area contributed by atoms with Crippen LogP contribution in [0.2, 0.25) is 5.02 Å². The Kier molecular flexibility index (Phi) is 4.86. The fourth-order valence-electron chi connectivity index (χ4n) is 3.88. The molecule has 4 rings (SSSR count). The smallest absolute Gasteiger partial charge is 0.336 e. The van der Waals surface area contributed by atoms with E-state index >= 15 is 0 Å². The highest BCUT2D eigenvalue weighted by Gasteiger charge is 2.34. The summed E-state index contributed by atoms with van der Waals surface area (Å²) in [4.78, 5) is 11.7. The van der Waals surface area contributed by atoms with Gasteiger partial charge >= 0.3 is 5.97 Å². The number of aryl methyl sites for hydroxylation is 1. The Morgan fingerprint density at radius 1 is 1.04 bits per heavy atom. The summed E-state index contributed by atoms with van der Waals surface area (Å²) in [5, 5.41) is 10.3. The van der Waals surface area contributed by atoms with Crippen LogP contribution < -0.4 is 4.74 Å². The minimum Gasteiger partial charge on any atom is -0.486 e. The summed E-state index contributed by atoms with van der Waals surface area (Å²) in [5.41, 5.74) is 3.52. The lowest BCUT2D eigenvalue weighted by Gasteiger charge is -2.37. The van der Waals surface area contributed by atoms with Gasteiger partial charge in [-0.1, -0.05) is 66.2 Å². The average molecular weight is 393 g/mol. The molecule has 4 heteroatoms. The summed E-state index contributed by atoms with van der Waals surface area (Å²) in [6.45, 7) is 2.10. The number of hydrogen-bond donors (Lipinski definition) is 1. The van der Waals surface area contributed by atoms with Crippen LogP contribution in [0.3, 0.4) is 0 Å².